The minimum Gasteiger partial charge on any atom is -0.488 e. The van der Waals surface area contributed by atoms with Gasteiger partial charge in [0.25, 0.3) is 5.56 Å². The third-order valence-electron chi connectivity index (χ3n) is 4.85. The third kappa shape index (κ3) is 5.59. The van der Waals surface area contributed by atoms with E-state index in [1.54, 1.807) is 12.1 Å². The Morgan fingerprint density at radius 3 is 2.52 bits per heavy atom. The van der Waals surface area contributed by atoms with Gasteiger partial charge in [-0.3, -0.25) is 4.79 Å². The van der Waals surface area contributed by atoms with Gasteiger partial charge in [-0.25, -0.2) is 14.6 Å². The molecule has 2 aromatic carbocycles. The number of anilines is 1. The predicted molar refractivity (Wildman–Crippen MR) is 124 cm³/mol. The molecule has 9 nitrogen and oxygen atoms in total. The Kier molecular flexibility index (Phi) is 6.72. The van der Waals surface area contributed by atoms with Crippen molar-refractivity contribution in [2.24, 2.45) is 0 Å². The second-order valence-electron chi connectivity index (χ2n) is 7.43. The van der Waals surface area contributed by atoms with Crippen molar-refractivity contribution in [1.29, 1.82) is 0 Å². The first kappa shape index (κ1) is 22.1. The van der Waals surface area contributed by atoms with E-state index in [9.17, 15) is 9.90 Å². The number of rotatable bonds is 8. The highest BCUT2D eigenvalue weighted by Gasteiger charge is 2.08. The summed E-state index contributed by atoms with van der Waals surface area (Å²) >= 11 is 0. The highest BCUT2D eigenvalue weighted by molar-refractivity contribution is 5.63. The molecule has 0 spiro atoms. The quantitative estimate of drug-likeness (QED) is 0.349. The van der Waals surface area contributed by atoms with Gasteiger partial charge < -0.3 is 20.7 Å². The number of aliphatic hydroxyl groups is 2. The van der Waals surface area contributed by atoms with Crippen LogP contribution in [-0.2, 0) is 6.54 Å². The van der Waals surface area contributed by atoms with Crippen molar-refractivity contribution in [3.63, 3.8) is 0 Å². The predicted octanol–water partition coefficient (Wildman–Crippen LogP) is 1.73. The zero-order chi connectivity index (χ0) is 23.2. The van der Waals surface area contributed by atoms with Crippen LogP contribution in [0.3, 0.4) is 0 Å². The Bertz CT molecular complexity index is 1290. The fourth-order valence-electron chi connectivity index (χ4n) is 3.18. The van der Waals surface area contributed by atoms with E-state index in [1.807, 2.05) is 42.5 Å². The molecule has 1 unspecified atom stereocenters. The monoisotopic (exact) mass is 445 g/mol. The lowest BCUT2D eigenvalue weighted by Crippen LogP contribution is -2.22. The molecule has 0 aliphatic heterocycles. The Balaban J connectivity index is 1.53. The number of benzene rings is 2. The van der Waals surface area contributed by atoms with E-state index in [0.29, 0.717) is 23.0 Å². The van der Waals surface area contributed by atoms with Crippen molar-refractivity contribution < 1.29 is 14.9 Å². The summed E-state index contributed by atoms with van der Waals surface area (Å²) in [6.07, 6.45) is 2.04. The van der Waals surface area contributed by atoms with Crippen molar-refractivity contribution >= 4 is 5.69 Å². The summed E-state index contributed by atoms with van der Waals surface area (Å²) in [5.41, 5.74) is 9.41. The molecule has 4 rings (SSSR count). The van der Waals surface area contributed by atoms with Gasteiger partial charge >= 0.3 is 0 Å². The standard InChI is InChI=1S/C24H23N5O4/c25-19-6-2-4-17(10-19)22-7-8-23(32)29(28-22)13-16-3-1-5-18(9-16)24-26-11-21(12-27-24)33-15-20(31)14-30/h1-12,20,30-31H,13-15,25H2. The fourth-order valence-corrected chi connectivity index (χ4v) is 3.18. The van der Waals surface area contributed by atoms with Crippen LogP contribution in [0.25, 0.3) is 22.6 Å². The van der Waals surface area contributed by atoms with Crippen molar-refractivity contribution in [3.05, 3.63) is 89.0 Å². The largest absolute Gasteiger partial charge is 0.488 e. The maximum Gasteiger partial charge on any atom is 0.267 e. The Morgan fingerprint density at radius 1 is 1.00 bits per heavy atom. The molecule has 168 valence electrons. The van der Waals surface area contributed by atoms with Gasteiger partial charge in [-0.1, -0.05) is 30.3 Å². The number of nitrogens with zero attached hydrogens (tertiary/aromatic N) is 4. The van der Waals surface area contributed by atoms with Gasteiger partial charge in [0.2, 0.25) is 0 Å². The number of nitrogens with two attached hydrogens (primary N) is 1. The van der Waals surface area contributed by atoms with E-state index in [-0.39, 0.29) is 25.3 Å². The molecular weight excluding hydrogens is 422 g/mol. The lowest BCUT2D eigenvalue weighted by molar-refractivity contribution is 0.0534. The summed E-state index contributed by atoms with van der Waals surface area (Å²) < 4.78 is 6.74. The van der Waals surface area contributed by atoms with Crippen LogP contribution in [0.15, 0.2) is 77.9 Å². The van der Waals surface area contributed by atoms with Crippen molar-refractivity contribution in [2.45, 2.75) is 12.6 Å². The summed E-state index contributed by atoms with van der Waals surface area (Å²) in [5.74, 6) is 0.872. The molecule has 0 radical (unpaired) electrons. The Hall–Kier alpha value is -4.08. The van der Waals surface area contributed by atoms with Crippen LogP contribution in [0.1, 0.15) is 5.56 Å². The molecule has 4 aromatic rings. The molecule has 33 heavy (non-hydrogen) atoms. The maximum atomic E-state index is 12.4. The van der Waals surface area contributed by atoms with Crippen LogP contribution >= 0.6 is 0 Å². The van der Waals surface area contributed by atoms with Crippen LogP contribution in [0.4, 0.5) is 5.69 Å². The average Bonchev–Trinajstić information content (AvgIpc) is 2.84. The number of aromatic nitrogens is 4. The summed E-state index contributed by atoms with van der Waals surface area (Å²) in [5, 5.41) is 22.7. The molecule has 0 saturated heterocycles. The van der Waals surface area contributed by atoms with E-state index >= 15 is 0 Å². The van der Waals surface area contributed by atoms with E-state index in [4.69, 9.17) is 15.6 Å². The smallest absolute Gasteiger partial charge is 0.267 e. The second kappa shape index (κ2) is 10.0. The van der Waals surface area contributed by atoms with Crippen LogP contribution < -0.4 is 16.0 Å². The van der Waals surface area contributed by atoms with Crippen LogP contribution in [0.2, 0.25) is 0 Å². The van der Waals surface area contributed by atoms with Gasteiger partial charge in [0.05, 0.1) is 31.2 Å². The Morgan fingerprint density at radius 2 is 1.76 bits per heavy atom. The first-order chi connectivity index (χ1) is 16.0. The lowest BCUT2D eigenvalue weighted by Gasteiger charge is -2.10. The van der Waals surface area contributed by atoms with E-state index in [0.717, 1.165) is 16.7 Å². The zero-order valence-corrected chi connectivity index (χ0v) is 17.7. The number of aliphatic hydroxyl groups excluding tert-OH is 2. The highest BCUT2D eigenvalue weighted by atomic mass is 16.5. The summed E-state index contributed by atoms with van der Waals surface area (Å²) in [4.78, 5) is 21.0. The van der Waals surface area contributed by atoms with Gasteiger partial charge in [0.15, 0.2) is 11.6 Å². The van der Waals surface area contributed by atoms with Crippen LogP contribution in [0, 0.1) is 0 Å². The molecule has 9 heteroatoms. The molecule has 2 aromatic heterocycles. The summed E-state index contributed by atoms with van der Waals surface area (Å²) in [6, 6.07) is 18.0. The van der Waals surface area contributed by atoms with Crippen molar-refractivity contribution in [2.75, 3.05) is 18.9 Å². The summed E-state index contributed by atoms with van der Waals surface area (Å²) in [6.45, 7) is -0.153. The Labute approximate surface area is 189 Å². The molecule has 0 aliphatic rings. The number of ether oxygens (including phenoxy) is 1. The first-order valence-electron chi connectivity index (χ1n) is 10.3. The van der Waals surface area contributed by atoms with E-state index < -0.39 is 6.10 Å². The summed E-state index contributed by atoms with van der Waals surface area (Å²) in [7, 11) is 0. The average molecular weight is 445 g/mol. The van der Waals surface area contributed by atoms with E-state index in [2.05, 4.69) is 15.1 Å². The fraction of sp³-hybridized carbons (Fsp3) is 0.167. The molecule has 2 heterocycles. The topological polar surface area (TPSA) is 136 Å². The van der Waals surface area contributed by atoms with Gasteiger partial charge in [-0.15, -0.1) is 0 Å². The first-order valence-corrected chi connectivity index (χ1v) is 10.3. The molecule has 0 bridgehead atoms. The van der Waals surface area contributed by atoms with Crippen LogP contribution in [-0.4, -0.2) is 49.3 Å². The van der Waals surface area contributed by atoms with Gasteiger partial charge in [0.1, 0.15) is 12.7 Å². The van der Waals surface area contributed by atoms with Crippen molar-refractivity contribution in [1.82, 2.24) is 19.7 Å². The molecule has 1 atom stereocenters. The highest BCUT2D eigenvalue weighted by Crippen LogP contribution is 2.20. The molecule has 0 amide bonds. The SMILES string of the molecule is Nc1cccc(-c2ccc(=O)n(Cc3cccc(-c4ncc(OCC(O)CO)cn4)c3)n2)c1. The number of nitrogen functional groups attached to an aromatic ring is 1. The van der Waals surface area contributed by atoms with Gasteiger partial charge in [-0.2, -0.15) is 5.10 Å². The molecule has 0 saturated carbocycles. The molecular formula is C24H23N5O4. The second-order valence-corrected chi connectivity index (χ2v) is 7.43. The minimum absolute atomic E-state index is 0.0505. The maximum absolute atomic E-state index is 12.4. The lowest BCUT2D eigenvalue weighted by atomic mass is 10.1. The molecule has 0 aliphatic carbocycles. The minimum atomic E-state index is -0.962. The van der Waals surface area contributed by atoms with Crippen molar-refractivity contribution in [3.8, 4) is 28.4 Å². The molecule has 4 N–H and O–H groups in total. The van der Waals surface area contributed by atoms with Crippen LogP contribution in [0.5, 0.6) is 5.75 Å². The molecule has 0 fully saturated rings. The van der Waals surface area contributed by atoms with Gasteiger partial charge in [0, 0.05) is 22.9 Å². The van der Waals surface area contributed by atoms with Gasteiger partial charge in [-0.05, 0) is 29.8 Å². The third-order valence-corrected chi connectivity index (χ3v) is 4.85. The number of hydrogen-bond donors (Lipinski definition) is 3. The zero-order valence-electron chi connectivity index (χ0n) is 17.7. The van der Waals surface area contributed by atoms with E-state index in [1.165, 1.54) is 23.1 Å². The number of hydrogen-bond acceptors (Lipinski definition) is 8. The normalized spacial score (nSPS) is 11.8.